The number of benzene rings is 1. The molecule has 1 saturated heterocycles. The van der Waals surface area contributed by atoms with E-state index in [0.717, 1.165) is 24.8 Å². The molecule has 44 heavy (non-hydrogen) atoms. The Hall–Kier alpha value is -3.41. The molecule has 1 heterocycles. The SMILES string of the molecule is CCCC1OC2CC3C4CCC5=CC(=O)C=CC5(C)C4C(O)CC3(C)C2(C(=O)COC(=O)c2ccc(CO[N+](=O)[O-])cc2)O1. The molecule has 11 heteroatoms. The third-order valence-corrected chi connectivity index (χ3v) is 11.1. The molecule has 0 radical (unpaired) electrons. The third kappa shape index (κ3) is 4.71. The van der Waals surface area contributed by atoms with Gasteiger partial charge in [-0.25, -0.2) is 4.79 Å². The summed E-state index contributed by atoms with van der Waals surface area (Å²) in [4.78, 5) is 54.2. The standard InChI is InChI=1S/C33H39NO10/c1-4-5-28-43-27-15-24-23-11-10-21-14-22(35)12-13-31(21,2)29(23)25(36)16-32(24,3)33(27,44-28)26(37)18-41-30(38)20-8-6-19(7-9-20)17-42-34(39)40/h6-9,12-14,23-25,27-29,36H,4-5,10-11,15-18H2,1-3H3. The van der Waals surface area contributed by atoms with Gasteiger partial charge in [0.05, 0.1) is 17.8 Å². The Balaban J connectivity index is 1.24. The smallest absolute Gasteiger partial charge is 0.338 e. The Labute approximate surface area is 255 Å². The van der Waals surface area contributed by atoms with Crippen LogP contribution in [-0.2, 0) is 35.2 Å². The van der Waals surface area contributed by atoms with E-state index in [0.29, 0.717) is 24.8 Å². The van der Waals surface area contributed by atoms with Gasteiger partial charge in [0.1, 0.15) is 6.61 Å². The molecule has 9 atom stereocenters. The Morgan fingerprint density at radius 1 is 1.20 bits per heavy atom. The molecule has 3 saturated carbocycles. The number of allylic oxidation sites excluding steroid dienone is 4. The van der Waals surface area contributed by atoms with Crippen molar-refractivity contribution in [2.45, 2.75) is 90.0 Å². The van der Waals surface area contributed by atoms with Crippen LogP contribution < -0.4 is 0 Å². The third-order valence-electron chi connectivity index (χ3n) is 11.1. The lowest BCUT2D eigenvalue weighted by Gasteiger charge is -2.59. The van der Waals surface area contributed by atoms with Crippen LogP contribution in [0.1, 0.15) is 75.2 Å². The first kappa shape index (κ1) is 30.6. The summed E-state index contributed by atoms with van der Waals surface area (Å²) in [5.74, 6) is -1.13. The second-order valence-corrected chi connectivity index (χ2v) is 13.3. The first-order chi connectivity index (χ1) is 20.9. The van der Waals surface area contributed by atoms with Crippen LogP contribution in [0, 0.1) is 38.7 Å². The zero-order chi connectivity index (χ0) is 31.4. The van der Waals surface area contributed by atoms with E-state index in [1.807, 2.05) is 19.9 Å². The predicted octanol–water partition coefficient (Wildman–Crippen LogP) is 4.29. The minimum Gasteiger partial charge on any atom is -0.454 e. The fraction of sp³-hybridized carbons (Fsp3) is 0.606. The van der Waals surface area contributed by atoms with E-state index < -0.39 is 52.6 Å². The van der Waals surface area contributed by atoms with Gasteiger partial charge in [-0.05, 0) is 73.8 Å². The summed E-state index contributed by atoms with van der Waals surface area (Å²) in [7, 11) is 0. The van der Waals surface area contributed by atoms with Crippen LogP contribution in [0.5, 0.6) is 0 Å². The summed E-state index contributed by atoms with van der Waals surface area (Å²) in [6.45, 7) is 5.37. The number of Topliss-reactive ketones (excluding diaryl/α,β-unsaturated/α-hetero) is 1. The van der Waals surface area contributed by atoms with Crippen molar-refractivity contribution in [2.24, 2.45) is 28.6 Å². The molecule has 0 spiro atoms. The van der Waals surface area contributed by atoms with Crippen LogP contribution in [-0.4, -0.2) is 58.4 Å². The van der Waals surface area contributed by atoms with Gasteiger partial charge >= 0.3 is 5.97 Å². The Morgan fingerprint density at radius 3 is 2.66 bits per heavy atom. The van der Waals surface area contributed by atoms with Crippen LogP contribution in [0.3, 0.4) is 0 Å². The molecular weight excluding hydrogens is 570 g/mol. The van der Waals surface area contributed by atoms with Gasteiger partial charge in [-0.1, -0.05) is 51.0 Å². The van der Waals surface area contributed by atoms with Crippen molar-refractivity contribution in [1.82, 2.24) is 0 Å². The number of hydrogen-bond donors (Lipinski definition) is 1. The lowest BCUT2D eigenvalue weighted by Crippen LogP contribution is -2.63. The fourth-order valence-corrected chi connectivity index (χ4v) is 9.19. The Kier molecular flexibility index (Phi) is 7.78. The molecule has 9 unspecified atom stereocenters. The number of carbonyl (C=O) groups excluding carboxylic acids is 3. The summed E-state index contributed by atoms with van der Waals surface area (Å²) in [5.41, 5.74) is -0.854. The fourth-order valence-electron chi connectivity index (χ4n) is 9.19. The van der Waals surface area contributed by atoms with Gasteiger partial charge in [0.25, 0.3) is 5.09 Å². The van der Waals surface area contributed by atoms with Gasteiger partial charge in [0, 0.05) is 16.7 Å². The van der Waals surface area contributed by atoms with Crippen LogP contribution in [0.15, 0.2) is 48.1 Å². The molecule has 0 amide bonds. The van der Waals surface area contributed by atoms with Crippen LogP contribution >= 0.6 is 0 Å². The van der Waals surface area contributed by atoms with Crippen molar-refractivity contribution in [3.8, 4) is 0 Å². The molecule has 4 aliphatic carbocycles. The number of aliphatic hydroxyl groups excluding tert-OH is 1. The monoisotopic (exact) mass is 609 g/mol. The van der Waals surface area contributed by atoms with Crippen molar-refractivity contribution in [3.63, 3.8) is 0 Å². The van der Waals surface area contributed by atoms with E-state index in [9.17, 15) is 29.6 Å². The summed E-state index contributed by atoms with van der Waals surface area (Å²) in [6.07, 6.45) is 7.26. The number of esters is 1. The van der Waals surface area contributed by atoms with Crippen molar-refractivity contribution >= 4 is 17.5 Å². The first-order valence-corrected chi connectivity index (χ1v) is 15.4. The largest absolute Gasteiger partial charge is 0.454 e. The number of ether oxygens (including phenoxy) is 3. The number of nitrogens with zero attached hydrogens (tertiary/aromatic N) is 1. The number of carbonyl (C=O) groups is 3. The summed E-state index contributed by atoms with van der Waals surface area (Å²) in [5, 5.41) is 21.4. The van der Waals surface area contributed by atoms with Crippen molar-refractivity contribution < 1.29 is 43.6 Å². The minimum absolute atomic E-state index is 0.0152. The maximum atomic E-state index is 14.3. The molecule has 0 aromatic heterocycles. The van der Waals surface area contributed by atoms with Gasteiger partial charge in [-0.3, -0.25) is 9.59 Å². The van der Waals surface area contributed by atoms with Crippen molar-refractivity contribution in [2.75, 3.05) is 6.61 Å². The molecule has 6 rings (SSSR count). The first-order valence-electron chi connectivity index (χ1n) is 15.4. The maximum absolute atomic E-state index is 14.3. The van der Waals surface area contributed by atoms with E-state index >= 15 is 0 Å². The molecule has 236 valence electrons. The Bertz CT molecular complexity index is 1420. The molecule has 1 N–H and O–H groups in total. The summed E-state index contributed by atoms with van der Waals surface area (Å²) >= 11 is 0. The topological polar surface area (TPSA) is 152 Å². The molecule has 0 bridgehead atoms. The van der Waals surface area contributed by atoms with Gasteiger partial charge in [-0.2, -0.15) is 0 Å². The molecule has 4 fully saturated rings. The quantitative estimate of drug-likeness (QED) is 0.244. The molecule has 11 nitrogen and oxygen atoms in total. The second kappa shape index (κ2) is 11.2. The van der Waals surface area contributed by atoms with E-state index in [2.05, 4.69) is 11.8 Å². The van der Waals surface area contributed by atoms with Gasteiger partial charge < -0.3 is 24.2 Å². The maximum Gasteiger partial charge on any atom is 0.338 e. The molecule has 1 aromatic carbocycles. The van der Waals surface area contributed by atoms with E-state index in [1.165, 1.54) is 24.3 Å². The average Bonchev–Trinajstić information content (AvgIpc) is 3.47. The predicted molar refractivity (Wildman–Crippen MR) is 154 cm³/mol. The highest BCUT2D eigenvalue weighted by Gasteiger charge is 2.75. The number of aliphatic hydroxyl groups is 1. The molecular formula is C33H39NO10. The highest BCUT2D eigenvalue weighted by Crippen LogP contribution is 2.69. The highest BCUT2D eigenvalue weighted by molar-refractivity contribution is 6.01. The average molecular weight is 610 g/mol. The number of rotatable bonds is 9. The van der Waals surface area contributed by atoms with Crippen molar-refractivity contribution in [3.05, 3.63) is 69.3 Å². The van der Waals surface area contributed by atoms with Crippen LogP contribution in [0.25, 0.3) is 0 Å². The van der Waals surface area contributed by atoms with Crippen LogP contribution in [0.2, 0.25) is 0 Å². The van der Waals surface area contributed by atoms with Crippen LogP contribution in [0.4, 0.5) is 0 Å². The van der Waals surface area contributed by atoms with Gasteiger partial charge in [0.2, 0.25) is 5.78 Å². The minimum atomic E-state index is -1.39. The van der Waals surface area contributed by atoms with Gasteiger partial charge in [0.15, 0.2) is 24.3 Å². The van der Waals surface area contributed by atoms with E-state index in [1.54, 1.807) is 12.2 Å². The van der Waals surface area contributed by atoms with Gasteiger partial charge in [-0.15, -0.1) is 10.1 Å². The van der Waals surface area contributed by atoms with E-state index in [4.69, 9.17) is 14.2 Å². The van der Waals surface area contributed by atoms with E-state index in [-0.39, 0.29) is 41.5 Å². The zero-order valence-corrected chi connectivity index (χ0v) is 25.2. The second-order valence-electron chi connectivity index (χ2n) is 13.3. The number of fused-ring (bicyclic) bond motifs is 7. The number of ketones is 2. The Morgan fingerprint density at radius 2 is 1.95 bits per heavy atom. The lowest BCUT2D eigenvalue weighted by atomic mass is 9.46. The highest BCUT2D eigenvalue weighted by atomic mass is 16.9. The lowest BCUT2D eigenvalue weighted by molar-refractivity contribution is -0.763. The summed E-state index contributed by atoms with van der Waals surface area (Å²) in [6, 6.07) is 5.96. The molecule has 1 aliphatic heterocycles. The molecule has 1 aromatic rings. The normalized spacial score (nSPS) is 38.5. The zero-order valence-electron chi connectivity index (χ0n) is 25.2. The molecule has 5 aliphatic rings. The number of hydrogen-bond acceptors (Lipinski definition) is 10. The summed E-state index contributed by atoms with van der Waals surface area (Å²) < 4.78 is 18.5. The van der Waals surface area contributed by atoms with Crippen molar-refractivity contribution in [1.29, 1.82) is 0 Å².